The molecule has 0 saturated heterocycles. The van der Waals surface area contributed by atoms with Crippen molar-refractivity contribution in [3.05, 3.63) is 21.9 Å². The maximum atomic E-state index is 6.27. The van der Waals surface area contributed by atoms with Gasteiger partial charge in [-0.15, -0.1) is 11.3 Å². The summed E-state index contributed by atoms with van der Waals surface area (Å²) in [4.78, 5) is 2.82. The van der Waals surface area contributed by atoms with Crippen LogP contribution in [-0.4, -0.2) is 5.54 Å². The average molecular weight is 195 g/mol. The average Bonchev–Trinajstić information content (AvgIpc) is 2.63. The van der Waals surface area contributed by atoms with Crippen LogP contribution in [0.25, 0.3) is 0 Å². The molecule has 2 N–H and O–H groups in total. The molecule has 1 heterocycles. The maximum Gasteiger partial charge on any atom is 0.0256 e. The molecular formula is C11H17NS. The summed E-state index contributed by atoms with van der Waals surface area (Å²) in [5, 5.41) is 0. The lowest BCUT2D eigenvalue weighted by Crippen LogP contribution is -2.42. The second kappa shape index (κ2) is 2.58. The van der Waals surface area contributed by atoms with Gasteiger partial charge >= 0.3 is 0 Å². The van der Waals surface area contributed by atoms with Crippen LogP contribution in [0.3, 0.4) is 0 Å². The molecule has 0 radical (unpaired) electrons. The second-order valence-electron chi connectivity index (χ2n) is 4.69. The third-order valence-electron chi connectivity index (χ3n) is 3.39. The van der Waals surface area contributed by atoms with Gasteiger partial charge in [0, 0.05) is 20.7 Å². The molecular weight excluding hydrogens is 178 g/mol. The summed E-state index contributed by atoms with van der Waals surface area (Å²) in [6.07, 6.45) is 2.36. The summed E-state index contributed by atoms with van der Waals surface area (Å²) in [5.74, 6) is 0. The molecule has 13 heavy (non-hydrogen) atoms. The minimum Gasteiger partial charge on any atom is -0.324 e. The third-order valence-corrected chi connectivity index (χ3v) is 4.71. The van der Waals surface area contributed by atoms with Crippen LogP contribution in [0, 0.1) is 6.92 Å². The largest absolute Gasteiger partial charge is 0.324 e. The topological polar surface area (TPSA) is 26.0 Å². The van der Waals surface area contributed by atoms with Crippen molar-refractivity contribution in [3.63, 3.8) is 0 Å². The summed E-state index contributed by atoms with van der Waals surface area (Å²) < 4.78 is 0. The summed E-state index contributed by atoms with van der Waals surface area (Å²) in [7, 11) is 0. The molecule has 1 saturated carbocycles. The zero-order valence-electron chi connectivity index (χ0n) is 8.55. The summed E-state index contributed by atoms with van der Waals surface area (Å²) >= 11 is 1.88. The van der Waals surface area contributed by atoms with E-state index in [4.69, 9.17) is 5.73 Å². The SMILES string of the molecule is Cc1ccc(C(C)(C)C2(N)CC2)s1. The molecule has 1 fully saturated rings. The van der Waals surface area contributed by atoms with Crippen molar-refractivity contribution in [2.24, 2.45) is 5.73 Å². The molecule has 1 nitrogen and oxygen atoms in total. The first kappa shape index (κ1) is 9.22. The van der Waals surface area contributed by atoms with Crippen LogP contribution in [0.5, 0.6) is 0 Å². The molecule has 0 atom stereocenters. The van der Waals surface area contributed by atoms with E-state index < -0.39 is 0 Å². The van der Waals surface area contributed by atoms with E-state index in [2.05, 4.69) is 32.9 Å². The first-order valence-corrected chi connectivity index (χ1v) is 5.63. The van der Waals surface area contributed by atoms with Gasteiger partial charge in [-0.1, -0.05) is 13.8 Å². The highest BCUT2D eigenvalue weighted by Gasteiger charge is 2.52. The van der Waals surface area contributed by atoms with Crippen molar-refractivity contribution in [2.75, 3.05) is 0 Å². The second-order valence-corrected chi connectivity index (χ2v) is 5.98. The number of aryl methyl sites for hydroxylation is 1. The number of hydrogen-bond acceptors (Lipinski definition) is 2. The van der Waals surface area contributed by atoms with Crippen LogP contribution in [0.2, 0.25) is 0 Å². The van der Waals surface area contributed by atoms with E-state index >= 15 is 0 Å². The lowest BCUT2D eigenvalue weighted by atomic mass is 9.81. The minimum absolute atomic E-state index is 0.0737. The van der Waals surface area contributed by atoms with E-state index in [1.165, 1.54) is 22.6 Å². The molecule has 1 aliphatic rings. The number of nitrogens with two attached hydrogens (primary N) is 1. The zero-order valence-corrected chi connectivity index (χ0v) is 9.37. The fourth-order valence-corrected chi connectivity index (χ4v) is 2.85. The maximum absolute atomic E-state index is 6.27. The smallest absolute Gasteiger partial charge is 0.0256 e. The Balaban J connectivity index is 2.34. The standard InChI is InChI=1S/C11H17NS/c1-8-4-5-9(13-8)10(2,3)11(12)6-7-11/h4-5H,6-7,12H2,1-3H3. The van der Waals surface area contributed by atoms with Crippen molar-refractivity contribution >= 4 is 11.3 Å². The van der Waals surface area contributed by atoms with Gasteiger partial charge in [-0.2, -0.15) is 0 Å². The molecule has 0 bridgehead atoms. The van der Waals surface area contributed by atoms with Gasteiger partial charge in [-0.3, -0.25) is 0 Å². The lowest BCUT2D eigenvalue weighted by molar-refractivity contribution is 0.398. The Morgan fingerprint density at radius 3 is 2.38 bits per heavy atom. The molecule has 0 aromatic carbocycles. The summed E-state index contributed by atoms with van der Waals surface area (Å²) in [6, 6.07) is 4.42. The molecule has 0 aliphatic heterocycles. The Morgan fingerprint density at radius 1 is 1.38 bits per heavy atom. The Morgan fingerprint density at radius 2 is 2.00 bits per heavy atom. The highest BCUT2D eigenvalue weighted by atomic mass is 32.1. The van der Waals surface area contributed by atoms with Crippen molar-refractivity contribution in [2.45, 2.75) is 44.6 Å². The van der Waals surface area contributed by atoms with Crippen molar-refractivity contribution in [1.82, 2.24) is 0 Å². The van der Waals surface area contributed by atoms with Crippen molar-refractivity contribution < 1.29 is 0 Å². The van der Waals surface area contributed by atoms with Crippen molar-refractivity contribution in [1.29, 1.82) is 0 Å². The molecule has 0 unspecified atom stereocenters. The van der Waals surface area contributed by atoms with Gasteiger partial charge in [-0.25, -0.2) is 0 Å². The number of hydrogen-bond donors (Lipinski definition) is 1. The Kier molecular flexibility index (Phi) is 1.83. The molecule has 0 amide bonds. The normalized spacial score (nSPS) is 20.3. The van der Waals surface area contributed by atoms with Crippen molar-refractivity contribution in [3.8, 4) is 0 Å². The van der Waals surface area contributed by atoms with E-state index in [1.54, 1.807) is 0 Å². The van der Waals surface area contributed by atoms with Gasteiger partial charge in [0.25, 0.3) is 0 Å². The van der Waals surface area contributed by atoms with Crippen LogP contribution in [0.15, 0.2) is 12.1 Å². The molecule has 1 aromatic rings. The molecule has 2 heteroatoms. The van der Waals surface area contributed by atoms with Crippen LogP contribution in [0.4, 0.5) is 0 Å². The zero-order chi connectivity index (χ0) is 9.69. The van der Waals surface area contributed by atoms with Gasteiger partial charge in [0.2, 0.25) is 0 Å². The molecule has 2 rings (SSSR count). The van der Waals surface area contributed by atoms with Crippen LogP contribution in [-0.2, 0) is 5.41 Å². The summed E-state index contributed by atoms with van der Waals surface area (Å²) in [5.41, 5.74) is 6.50. The van der Waals surface area contributed by atoms with Crippen LogP contribution in [0.1, 0.15) is 36.4 Å². The monoisotopic (exact) mass is 195 g/mol. The number of thiophene rings is 1. The highest BCUT2D eigenvalue weighted by Crippen LogP contribution is 2.50. The van der Waals surface area contributed by atoms with Crippen LogP contribution < -0.4 is 5.73 Å². The fourth-order valence-electron chi connectivity index (χ4n) is 1.78. The Hall–Kier alpha value is -0.340. The minimum atomic E-state index is 0.0737. The summed E-state index contributed by atoms with van der Waals surface area (Å²) in [6.45, 7) is 6.69. The molecule has 1 aromatic heterocycles. The number of rotatable bonds is 2. The first-order chi connectivity index (χ1) is 5.96. The fraction of sp³-hybridized carbons (Fsp3) is 0.636. The quantitative estimate of drug-likeness (QED) is 0.771. The van der Waals surface area contributed by atoms with Gasteiger partial charge < -0.3 is 5.73 Å². The van der Waals surface area contributed by atoms with E-state index in [1.807, 2.05) is 11.3 Å². The van der Waals surface area contributed by atoms with E-state index in [-0.39, 0.29) is 11.0 Å². The van der Waals surface area contributed by atoms with E-state index in [0.717, 1.165) is 0 Å². The van der Waals surface area contributed by atoms with E-state index in [9.17, 15) is 0 Å². The Labute approximate surface area is 84.0 Å². The van der Waals surface area contributed by atoms with Gasteiger partial charge in [0.1, 0.15) is 0 Å². The molecule has 1 aliphatic carbocycles. The Bertz CT molecular complexity index is 321. The van der Waals surface area contributed by atoms with Gasteiger partial charge in [0.05, 0.1) is 0 Å². The van der Waals surface area contributed by atoms with E-state index in [0.29, 0.717) is 0 Å². The van der Waals surface area contributed by atoms with Gasteiger partial charge in [-0.05, 0) is 31.9 Å². The highest BCUT2D eigenvalue weighted by molar-refractivity contribution is 7.12. The molecule has 0 spiro atoms. The third kappa shape index (κ3) is 1.32. The van der Waals surface area contributed by atoms with Gasteiger partial charge in [0.15, 0.2) is 0 Å². The predicted molar refractivity (Wildman–Crippen MR) is 58.2 cm³/mol. The predicted octanol–water partition coefficient (Wildman–Crippen LogP) is 2.83. The molecule has 72 valence electrons. The lowest BCUT2D eigenvalue weighted by Gasteiger charge is -2.30. The van der Waals surface area contributed by atoms with Crippen LogP contribution >= 0.6 is 11.3 Å². The first-order valence-electron chi connectivity index (χ1n) is 4.81.